The van der Waals surface area contributed by atoms with Gasteiger partial charge in [-0.1, -0.05) is 12.1 Å². The number of rotatable bonds is 4. The van der Waals surface area contributed by atoms with Crippen molar-refractivity contribution < 1.29 is 4.39 Å². The van der Waals surface area contributed by atoms with Gasteiger partial charge in [0.1, 0.15) is 5.82 Å². The van der Waals surface area contributed by atoms with Crippen LogP contribution in [0.5, 0.6) is 0 Å². The molecule has 0 aliphatic carbocycles. The largest absolute Gasteiger partial charge is 0.356 e. The van der Waals surface area contributed by atoms with E-state index in [1.54, 1.807) is 19.2 Å². The first-order valence-corrected chi connectivity index (χ1v) is 7.27. The molecule has 0 amide bonds. The van der Waals surface area contributed by atoms with Crippen LogP contribution in [0.15, 0.2) is 34.2 Å². The zero-order valence-electron chi connectivity index (χ0n) is 12.4. The summed E-state index contributed by atoms with van der Waals surface area (Å²) < 4.78 is 13.4. The van der Waals surface area contributed by atoms with Crippen molar-refractivity contribution in [1.29, 1.82) is 0 Å². The van der Waals surface area contributed by atoms with Crippen LogP contribution in [0, 0.1) is 5.82 Å². The van der Waals surface area contributed by atoms with Crippen molar-refractivity contribution in [2.45, 2.75) is 31.2 Å². The zero-order chi connectivity index (χ0) is 14.3. The average Bonchev–Trinajstić information content (AvgIpc) is 2.33. The third kappa shape index (κ3) is 7.94. The molecule has 6 heteroatoms. The summed E-state index contributed by atoms with van der Waals surface area (Å²) in [5.74, 6) is 1.39. The highest BCUT2D eigenvalue weighted by molar-refractivity contribution is 14.0. The number of halogens is 2. The quantitative estimate of drug-likeness (QED) is 0.262. The predicted octanol–water partition coefficient (Wildman–Crippen LogP) is 3.50. The second-order valence-electron chi connectivity index (χ2n) is 5.15. The van der Waals surface area contributed by atoms with Crippen LogP contribution in [0.2, 0.25) is 0 Å². The van der Waals surface area contributed by atoms with E-state index >= 15 is 0 Å². The predicted molar refractivity (Wildman–Crippen MR) is 96.8 cm³/mol. The highest BCUT2D eigenvalue weighted by Crippen LogP contribution is 2.20. The average molecular weight is 411 g/mol. The SMILES string of the molecule is CN=C(NCCSc1ccccc1F)NC(C)(C)C.I. The normalized spacial score (nSPS) is 11.8. The molecule has 0 heterocycles. The van der Waals surface area contributed by atoms with Gasteiger partial charge in [-0.3, -0.25) is 4.99 Å². The standard InChI is InChI=1S/C14H22FN3S.HI/c1-14(2,3)18-13(16-4)17-9-10-19-12-8-6-5-7-11(12)15;/h5-8H,9-10H2,1-4H3,(H2,16,17,18);1H. The third-order valence-corrected chi connectivity index (χ3v) is 3.26. The minimum atomic E-state index is -0.162. The number of hydrogen-bond acceptors (Lipinski definition) is 2. The maximum absolute atomic E-state index is 13.4. The first-order valence-electron chi connectivity index (χ1n) is 6.28. The van der Waals surface area contributed by atoms with Gasteiger partial charge in [0, 0.05) is 29.8 Å². The first kappa shape index (κ1) is 19.5. The van der Waals surface area contributed by atoms with Gasteiger partial charge in [0.05, 0.1) is 0 Å². The Hall–Kier alpha value is -0.500. The van der Waals surface area contributed by atoms with E-state index in [9.17, 15) is 4.39 Å². The molecule has 0 aromatic heterocycles. The Morgan fingerprint density at radius 2 is 1.95 bits per heavy atom. The monoisotopic (exact) mass is 411 g/mol. The molecule has 0 saturated heterocycles. The van der Waals surface area contributed by atoms with Gasteiger partial charge in [-0.2, -0.15) is 0 Å². The van der Waals surface area contributed by atoms with E-state index in [0.717, 1.165) is 18.3 Å². The smallest absolute Gasteiger partial charge is 0.191 e. The minimum Gasteiger partial charge on any atom is -0.356 e. The number of aliphatic imine (C=N–C) groups is 1. The Kier molecular flexibility index (Phi) is 9.20. The fraction of sp³-hybridized carbons (Fsp3) is 0.500. The zero-order valence-corrected chi connectivity index (χ0v) is 15.5. The Labute approximate surface area is 142 Å². The third-order valence-electron chi connectivity index (χ3n) is 2.21. The highest BCUT2D eigenvalue weighted by atomic mass is 127. The number of benzene rings is 1. The number of hydrogen-bond donors (Lipinski definition) is 2. The molecular formula is C14H23FIN3S. The molecule has 0 aliphatic heterocycles. The van der Waals surface area contributed by atoms with E-state index in [4.69, 9.17) is 0 Å². The maximum atomic E-state index is 13.4. The molecule has 20 heavy (non-hydrogen) atoms. The molecule has 1 aromatic carbocycles. The Morgan fingerprint density at radius 3 is 2.50 bits per heavy atom. The number of nitrogens with one attached hydrogen (secondary N) is 2. The van der Waals surface area contributed by atoms with Crippen LogP contribution in [0.4, 0.5) is 4.39 Å². The number of guanidine groups is 1. The van der Waals surface area contributed by atoms with E-state index in [1.807, 2.05) is 6.07 Å². The van der Waals surface area contributed by atoms with Crippen LogP contribution >= 0.6 is 35.7 Å². The van der Waals surface area contributed by atoms with Crippen molar-refractivity contribution in [3.8, 4) is 0 Å². The van der Waals surface area contributed by atoms with Gasteiger partial charge >= 0.3 is 0 Å². The Bertz CT molecular complexity index is 433. The molecular weight excluding hydrogens is 388 g/mol. The van der Waals surface area contributed by atoms with Crippen molar-refractivity contribution in [1.82, 2.24) is 10.6 Å². The molecule has 0 unspecified atom stereocenters. The lowest BCUT2D eigenvalue weighted by Crippen LogP contribution is -2.48. The highest BCUT2D eigenvalue weighted by Gasteiger charge is 2.11. The first-order chi connectivity index (χ1) is 8.92. The van der Waals surface area contributed by atoms with Crippen LogP contribution in [0.3, 0.4) is 0 Å². The lowest BCUT2D eigenvalue weighted by Gasteiger charge is -2.23. The topological polar surface area (TPSA) is 36.4 Å². The van der Waals surface area contributed by atoms with Crippen LogP contribution in [-0.2, 0) is 0 Å². The summed E-state index contributed by atoms with van der Waals surface area (Å²) in [5.41, 5.74) is -0.0273. The number of thioether (sulfide) groups is 1. The van der Waals surface area contributed by atoms with E-state index in [-0.39, 0.29) is 35.3 Å². The van der Waals surface area contributed by atoms with Crippen LogP contribution < -0.4 is 10.6 Å². The number of nitrogens with zero attached hydrogens (tertiary/aromatic N) is 1. The van der Waals surface area contributed by atoms with Gasteiger partial charge in [-0.25, -0.2) is 4.39 Å². The van der Waals surface area contributed by atoms with Gasteiger partial charge in [0.2, 0.25) is 0 Å². The molecule has 114 valence electrons. The van der Waals surface area contributed by atoms with Crippen LogP contribution in [-0.4, -0.2) is 30.8 Å². The summed E-state index contributed by atoms with van der Waals surface area (Å²) in [5, 5.41) is 6.48. The molecule has 1 rings (SSSR count). The summed E-state index contributed by atoms with van der Waals surface area (Å²) >= 11 is 1.50. The molecule has 0 aliphatic rings. The van der Waals surface area contributed by atoms with Crippen LogP contribution in [0.25, 0.3) is 0 Å². The molecule has 0 atom stereocenters. The second kappa shape index (κ2) is 9.44. The van der Waals surface area contributed by atoms with E-state index < -0.39 is 0 Å². The van der Waals surface area contributed by atoms with E-state index in [2.05, 4.69) is 36.4 Å². The summed E-state index contributed by atoms with van der Waals surface area (Å²) in [7, 11) is 1.74. The van der Waals surface area contributed by atoms with Crippen molar-refractivity contribution >= 4 is 41.7 Å². The molecule has 3 nitrogen and oxygen atoms in total. The second-order valence-corrected chi connectivity index (χ2v) is 6.29. The molecule has 2 N–H and O–H groups in total. The van der Waals surface area contributed by atoms with Gasteiger partial charge in [0.25, 0.3) is 0 Å². The van der Waals surface area contributed by atoms with Crippen molar-refractivity contribution in [2.24, 2.45) is 4.99 Å². The molecule has 0 bridgehead atoms. The van der Waals surface area contributed by atoms with Gasteiger partial charge in [0.15, 0.2) is 5.96 Å². The van der Waals surface area contributed by atoms with Crippen molar-refractivity contribution in [3.63, 3.8) is 0 Å². The van der Waals surface area contributed by atoms with Gasteiger partial charge in [-0.05, 0) is 32.9 Å². The lowest BCUT2D eigenvalue weighted by atomic mass is 10.1. The summed E-state index contributed by atoms with van der Waals surface area (Å²) in [4.78, 5) is 4.83. The summed E-state index contributed by atoms with van der Waals surface area (Å²) in [6, 6.07) is 6.82. The summed E-state index contributed by atoms with van der Waals surface area (Å²) in [6.07, 6.45) is 0. The van der Waals surface area contributed by atoms with Crippen molar-refractivity contribution in [3.05, 3.63) is 30.1 Å². The Morgan fingerprint density at radius 1 is 1.30 bits per heavy atom. The van der Waals surface area contributed by atoms with Gasteiger partial charge in [-0.15, -0.1) is 35.7 Å². The molecule has 0 spiro atoms. The van der Waals surface area contributed by atoms with Crippen molar-refractivity contribution in [2.75, 3.05) is 19.3 Å². The molecule has 0 radical (unpaired) electrons. The van der Waals surface area contributed by atoms with E-state index in [0.29, 0.717) is 4.90 Å². The molecule has 0 fully saturated rings. The fourth-order valence-electron chi connectivity index (χ4n) is 1.43. The Balaban J connectivity index is 0.00000361. The molecule has 1 aromatic rings. The van der Waals surface area contributed by atoms with E-state index in [1.165, 1.54) is 17.8 Å². The maximum Gasteiger partial charge on any atom is 0.191 e. The summed E-state index contributed by atoms with van der Waals surface area (Å²) in [6.45, 7) is 6.96. The molecule has 0 saturated carbocycles. The minimum absolute atomic E-state index is 0. The lowest BCUT2D eigenvalue weighted by molar-refractivity contribution is 0.502. The van der Waals surface area contributed by atoms with Gasteiger partial charge < -0.3 is 10.6 Å². The van der Waals surface area contributed by atoms with Crippen LogP contribution in [0.1, 0.15) is 20.8 Å². The fourth-order valence-corrected chi connectivity index (χ4v) is 2.23.